The number of likely N-dealkylation sites (tertiary alicyclic amines) is 1. The molecule has 1 saturated carbocycles. The molecule has 2 aliphatic heterocycles. The molecular weight excluding hydrogens is 593 g/mol. The van der Waals surface area contributed by atoms with Crippen LogP contribution in [0.4, 0.5) is 33.9 Å². The van der Waals surface area contributed by atoms with Crippen LogP contribution in [0.3, 0.4) is 0 Å². The predicted molar refractivity (Wildman–Crippen MR) is 142 cm³/mol. The van der Waals surface area contributed by atoms with E-state index < -0.39 is 63.3 Å². The third kappa shape index (κ3) is 5.70. The van der Waals surface area contributed by atoms with Gasteiger partial charge in [0.2, 0.25) is 11.8 Å². The van der Waals surface area contributed by atoms with Crippen molar-refractivity contribution in [1.82, 2.24) is 15.2 Å². The fraction of sp³-hybridized carbons (Fsp3) is 0.519. The molecule has 0 spiro atoms. The lowest BCUT2D eigenvalue weighted by Gasteiger charge is -2.43. The molecule has 7 nitrogen and oxygen atoms in total. The Bertz CT molecular complexity index is 1340. The van der Waals surface area contributed by atoms with Gasteiger partial charge in [-0.05, 0) is 49.6 Å². The molecule has 2 amide bonds. The lowest BCUT2D eigenvalue weighted by Crippen LogP contribution is -2.59. The number of hydrogen-bond acceptors (Lipinski definition) is 5. The Kier molecular flexibility index (Phi) is 7.13. The molecule has 0 radical (unpaired) electrons. The summed E-state index contributed by atoms with van der Waals surface area (Å²) in [5.74, 6) is -4.13. The molecule has 232 valence electrons. The van der Waals surface area contributed by atoms with Crippen LogP contribution in [0.1, 0.15) is 44.1 Å². The second-order valence-electron chi connectivity index (χ2n) is 11.1. The molecule has 3 unspecified atom stereocenters. The number of carbonyl (C=O) groups is 2. The Hall–Kier alpha value is -2.91. The number of rotatable bonds is 7. The summed E-state index contributed by atoms with van der Waals surface area (Å²) in [6.07, 6.45) is 1.85. The Morgan fingerprint density at radius 3 is 2.29 bits per heavy atom. The van der Waals surface area contributed by atoms with E-state index in [0.717, 1.165) is 17.0 Å². The lowest BCUT2D eigenvalue weighted by atomic mass is 9.85. The number of anilines is 1. The van der Waals surface area contributed by atoms with Crippen LogP contribution in [0.15, 0.2) is 53.7 Å². The van der Waals surface area contributed by atoms with Crippen molar-refractivity contribution in [2.75, 3.05) is 25.1 Å². The van der Waals surface area contributed by atoms with Gasteiger partial charge in [-0.15, -0.1) is 0 Å². The van der Waals surface area contributed by atoms with Crippen molar-refractivity contribution >= 4 is 27.7 Å². The van der Waals surface area contributed by atoms with Gasteiger partial charge < -0.3 is 15.0 Å². The fourth-order valence-electron chi connectivity index (χ4n) is 6.24. The standard InChI is InChI=1S/C27H31F7N4O3S/c1-41-21-15-23(36-17-21)24(39)38(20-4-6-22(7-5-20)42(30,31,32,33)34)27(18-3-2-13-35-16-18)12-14-37(25(27)40)19-8-10-26(28,29)11-9-19/h2-7,13,16,19,21,23,36H,8-12,14-15,17H2,1H3. The van der Waals surface area contributed by atoms with Gasteiger partial charge in [-0.25, -0.2) is 8.78 Å². The first-order chi connectivity index (χ1) is 19.4. The molecular formula is C27H31F7N4O3S. The maximum atomic E-state index is 14.4. The number of ether oxygens (including phenoxy) is 1. The lowest BCUT2D eigenvalue weighted by molar-refractivity contribution is -0.139. The molecule has 5 rings (SSSR count). The third-order valence-electron chi connectivity index (χ3n) is 8.46. The number of pyridine rings is 1. The maximum absolute atomic E-state index is 14.4. The largest absolute Gasteiger partial charge is 0.380 e. The molecule has 1 aromatic carbocycles. The summed E-state index contributed by atoms with van der Waals surface area (Å²) in [7, 11) is -8.58. The first kappa shape index (κ1) is 30.5. The summed E-state index contributed by atoms with van der Waals surface area (Å²) in [5, 5.41) is 3.01. The van der Waals surface area contributed by atoms with Gasteiger partial charge in [0.05, 0.1) is 12.1 Å². The predicted octanol–water partition coefficient (Wildman–Crippen LogP) is 6.15. The average Bonchev–Trinajstić information content (AvgIpc) is 3.54. The minimum absolute atomic E-state index is 0.0279. The van der Waals surface area contributed by atoms with Gasteiger partial charge in [0.1, 0.15) is 4.90 Å². The maximum Gasteiger partial charge on any atom is 0.310 e. The van der Waals surface area contributed by atoms with Crippen LogP contribution in [-0.4, -0.2) is 66.0 Å². The number of nitrogens with zero attached hydrogens (tertiary/aromatic N) is 3. The summed E-state index contributed by atoms with van der Waals surface area (Å²) in [6, 6.07) is 3.55. The molecule has 1 aliphatic carbocycles. The highest BCUT2D eigenvalue weighted by Crippen LogP contribution is 3.02. The Morgan fingerprint density at radius 2 is 1.74 bits per heavy atom. The van der Waals surface area contributed by atoms with Crippen LogP contribution in [0.2, 0.25) is 0 Å². The number of amides is 2. The molecule has 42 heavy (non-hydrogen) atoms. The Balaban J connectivity index is 1.63. The first-order valence-electron chi connectivity index (χ1n) is 13.5. The van der Waals surface area contributed by atoms with E-state index in [-0.39, 0.29) is 61.7 Å². The normalized spacial score (nSPS) is 28.4. The molecule has 15 heteroatoms. The van der Waals surface area contributed by atoms with Crippen molar-refractivity contribution in [2.24, 2.45) is 0 Å². The SMILES string of the molecule is COC1CNC(C(=O)N(c2ccc(S(F)(F)(F)(F)F)cc2)C2(c3cccnc3)CCN(C3CCC(F)(F)CC3)C2=O)C1. The van der Waals surface area contributed by atoms with E-state index in [4.69, 9.17) is 4.74 Å². The number of halogens is 7. The number of alkyl halides is 2. The zero-order valence-corrected chi connectivity index (χ0v) is 23.4. The van der Waals surface area contributed by atoms with E-state index >= 15 is 0 Å². The molecule has 2 aromatic rings. The third-order valence-corrected chi connectivity index (χ3v) is 9.62. The highest BCUT2D eigenvalue weighted by Gasteiger charge is 2.65. The molecule has 3 atom stereocenters. The van der Waals surface area contributed by atoms with E-state index in [2.05, 4.69) is 10.3 Å². The smallest absolute Gasteiger partial charge is 0.310 e. The van der Waals surface area contributed by atoms with Gasteiger partial charge in [-0.1, -0.05) is 25.5 Å². The van der Waals surface area contributed by atoms with Crippen molar-refractivity contribution in [3.8, 4) is 0 Å². The van der Waals surface area contributed by atoms with Gasteiger partial charge in [-0.3, -0.25) is 19.5 Å². The van der Waals surface area contributed by atoms with Gasteiger partial charge in [0.25, 0.3) is 5.91 Å². The van der Waals surface area contributed by atoms with Gasteiger partial charge in [0.15, 0.2) is 5.54 Å². The Morgan fingerprint density at radius 1 is 1.07 bits per heavy atom. The number of hydrogen-bond donors (Lipinski definition) is 1. The summed E-state index contributed by atoms with van der Waals surface area (Å²) < 4.78 is 101. The van der Waals surface area contributed by atoms with Crippen molar-refractivity contribution in [3.63, 3.8) is 0 Å². The van der Waals surface area contributed by atoms with Crippen LogP contribution in [0.25, 0.3) is 0 Å². The highest BCUT2D eigenvalue weighted by atomic mass is 32.5. The van der Waals surface area contributed by atoms with E-state index in [9.17, 15) is 37.8 Å². The number of nitrogens with one attached hydrogen (secondary N) is 1. The molecule has 1 aromatic heterocycles. The minimum Gasteiger partial charge on any atom is -0.380 e. The summed E-state index contributed by atoms with van der Waals surface area (Å²) in [6.45, 7) is 0.371. The van der Waals surface area contributed by atoms with Crippen LogP contribution >= 0.6 is 10.2 Å². The van der Waals surface area contributed by atoms with Gasteiger partial charge in [-0.2, -0.15) is 0 Å². The van der Waals surface area contributed by atoms with Crippen LogP contribution in [0.5, 0.6) is 0 Å². The quantitative estimate of drug-likeness (QED) is 0.374. The fourth-order valence-corrected chi connectivity index (χ4v) is 6.89. The van der Waals surface area contributed by atoms with Crippen LogP contribution in [0, 0.1) is 0 Å². The topological polar surface area (TPSA) is 74.8 Å². The van der Waals surface area contributed by atoms with Gasteiger partial charge in [0, 0.05) is 69.1 Å². The molecule has 0 bridgehead atoms. The minimum atomic E-state index is -10.0. The van der Waals surface area contributed by atoms with E-state index in [1.165, 1.54) is 30.5 Å². The summed E-state index contributed by atoms with van der Waals surface area (Å²) in [5.41, 5.74) is -1.78. The van der Waals surface area contributed by atoms with Crippen LogP contribution in [-0.2, 0) is 19.9 Å². The second-order valence-corrected chi connectivity index (χ2v) is 13.5. The molecule has 3 heterocycles. The molecule has 3 fully saturated rings. The molecule has 3 aliphatic rings. The summed E-state index contributed by atoms with van der Waals surface area (Å²) >= 11 is 0. The summed E-state index contributed by atoms with van der Waals surface area (Å²) in [4.78, 5) is 33.2. The average molecular weight is 625 g/mol. The van der Waals surface area contributed by atoms with Crippen molar-refractivity contribution in [3.05, 3.63) is 54.4 Å². The van der Waals surface area contributed by atoms with E-state index in [1.54, 1.807) is 6.07 Å². The van der Waals surface area contributed by atoms with Gasteiger partial charge >= 0.3 is 10.2 Å². The molecule has 1 N–H and O–H groups in total. The van der Waals surface area contributed by atoms with Crippen LogP contribution < -0.4 is 10.2 Å². The Labute approximate surface area is 238 Å². The second kappa shape index (κ2) is 9.81. The zero-order valence-electron chi connectivity index (χ0n) is 22.6. The van der Waals surface area contributed by atoms with E-state index in [1.807, 2.05) is 0 Å². The number of aromatic nitrogens is 1. The van der Waals surface area contributed by atoms with Crippen molar-refractivity contribution in [1.29, 1.82) is 0 Å². The highest BCUT2D eigenvalue weighted by molar-refractivity contribution is 8.45. The van der Waals surface area contributed by atoms with Crippen molar-refractivity contribution < 1.29 is 42.5 Å². The number of methoxy groups -OCH3 is 1. The zero-order chi connectivity index (χ0) is 30.6. The van der Waals surface area contributed by atoms with E-state index in [0.29, 0.717) is 6.54 Å². The van der Waals surface area contributed by atoms with Crippen molar-refractivity contribution in [2.45, 2.75) is 73.1 Å². The monoisotopic (exact) mass is 624 g/mol. The first-order valence-corrected chi connectivity index (χ1v) is 15.4. The number of benzene rings is 1. The molecule has 2 saturated heterocycles. The number of carbonyl (C=O) groups excluding carboxylic acids is 2.